The van der Waals surface area contributed by atoms with Crippen LogP contribution >= 0.6 is 11.3 Å². The van der Waals surface area contributed by atoms with Crippen LogP contribution in [0.15, 0.2) is 72.4 Å². The van der Waals surface area contributed by atoms with Crippen LogP contribution in [-0.4, -0.2) is 47.6 Å². The van der Waals surface area contributed by atoms with Crippen molar-refractivity contribution in [2.24, 2.45) is 0 Å². The smallest absolute Gasteiger partial charge is 0.407 e. The lowest BCUT2D eigenvalue weighted by molar-refractivity contribution is 0.0882. The summed E-state index contributed by atoms with van der Waals surface area (Å²) < 4.78 is 10.1. The van der Waals surface area contributed by atoms with Gasteiger partial charge >= 0.3 is 12.2 Å². The number of aliphatic hydroxyl groups excluding tert-OH is 1. The minimum Gasteiger partial charge on any atom is -0.453 e. The molecule has 34 heavy (non-hydrogen) atoms. The second-order valence-corrected chi connectivity index (χ2v) is 8.78. The number of carbonyl (C=O) groups is 2. The van der Waals surface area contributed by atoms with Crippen molar-refractivity contribution < 1.29 is 24.2 Å². The van der Waals surface area contributed by atoms with Crippen molar-refractivity contribution in [2.45, 2.75) is 44.1 Å². The number of amides is 2. The van der Waals surface area contributed by atoms with Gasteiger partial charge in [0, 0.05) is 12.2 Å². The Morgan fingerprint density at radius 1 is 0.971 bits per heavy atom. The summed E-state index contributed by atoms with van der Waals surface area (Å²) in [6.07, 6.45) is 0.576. The normalized spacial score (nSPS) is 13.4. The number of thiazole rings is 1. The SMILES string of the molecule is COC(=O)N[C@@H](Cc1ccccc1)C[C@H](O)[C@H](Cc1ccccc1)NC(=O)OCc1cncs1. The van der Waals surface area contributed by atoms with Gasteiger partial charge in [0.1, 0.15) is 6.61 Å². The van der Waals surface area contributed by atoms with E-state index < -0.39 is 30.4 Å². The number of carbonyl (C=O) groups excluding carboxylic acids is 2. The first kappa shape index (κ1) is 25.2. The number of aromatic nitrogens is 1. The number of benzene rings is 2. The van der Waals surface area contributed by atoms with Crippen LogP contribution in [0.4, 0.5) is 9.59 Å². The number of hydrogen-bond acceptors (Lipinski definition) is 7. The molecule has 8 nitrogen and oxygen atoms in total. The Hall–Kier alpha value is -3.43. The topological polar surface area (TPSA) is 110 Å². The maximum atomic E-state index is 12.5. The molecule has 0 saturated heterocycles. The lowest BCUT2D eigenvalue weighted by Crippen LogP contribution is -2.48. The van der Waals surface area contributed by atoms with Crippen LogP contribution in [0.25, 0.3) is 0 Å². The van der Waals surface area contributed by atoms with E-state index in [1.807, 2.05) is 60.7 Å². The van der Waals surface area contributed by atoms with Crippen LogP contribution in [0.1, 0.15) is 22.4 Å². The Labute approximate surface area is 202 Å². The fourth-order valence-electron chi connectivity index (χ4n) is 3.57. The third kappa shape index (κ3) is 8.49. The number of alkyl carbamates (subject to hydrolysis) is 2. The molecule has 3 aromatic rings. The summed E-state index contributed by atoms with van der Waals surface area (Å²) in [6, 6.07) is 18.2. The standard InChI is InChI=1S/C25H29N3O5S/c1-32-24(30)27-20(12-18-8-4-2-5-9-18)14-23(29)22(13-19-10-6-3-7-11-19)28-25(31)33-16-21-15-26-17-34-21/h2-11,15,17,20,22-23,29H,12-14,16H2,1H3,(H,27,30)(H,28,31)/t20-,22-,23-/m0/s1. The van der Waals surface area contributed by atoms with Crippen molar-refractivity contribution in [3.05, 3.63) is 88.4 Å². The fourth-order valence-corrected chi connectivity index (χ4v) is 4.07. The molecule has 9 heteroatoms. The van der Waals surface area contributed by atoms with Gasteiger partial charge in [0.15, 0.2) is 0 Å². The highest BCUT2D eigenvalue weighted by molar-refractivity contribution is 7.09. The Bertz CT molecular complexity index is 1000. The Morgan fingerprint density at radius 3 is 2.21 bits per heavy atom. The summed E-state index contributed by atoms with van der Waals surface area (Å²) in [5.74, 6) is 0. The first-order valence-electron chi connectivity index (χ1n) is 10.9. The van der Waals surface area contributed by atoms with Gasteiger partial charge in [-0.05, 0) is 30.4 Å². The minimum atomic E-state index is -0.956. The van der Waals surface area contributed by atoms with Crippen LogP contribution < -0.4 is 10.6 Å². The lowest BCUT2D eigenvalue weighted by Gasteiger charge is -2.28. The minimum absolute atomic E-state index is 0.102. The zero-order valence-electron chi connectivity index (χ0n) is 18.9. The van der Waals surface area contributed by atoms with E-state index in [1.165, 1.54) is 18.4 Å². The maximum Gasteiger partial charge on any atom is 0.407 e. The highest BCUT2D eigenvalue weighted by atomic mass is 32.1. The van der Waals surface area contributed by atoms with Crippen molar-refractivity contribution in [2.75, 3.05) is 7.11 Å². The molecular formula is C25H29N3O5S. The predicted molar refractivity (Wildman–Crippen MR) is 129 cm³/mol. The van der Waals surface area contributed by atoms with Crippen LogP contribution in [0, 0.1) is 0 Å². The second-order valence-electron chi connectivity index (χ2n) is 7.81. The zero-order chi connectivity index (χ0) is 24.2. The summed E-state index contributed by atoms with van der Waals surface area (Å²) in [7, 11) is 1.30. The number of rotatable bonds is 11. The molecule has 0 aliphatic rings. The van der Waals surface area contributed by atoms with E-state index in [0.29, 0.717) is 12.8 Å². The summed E-state index contributed by atoms with van der Waals surface area (Å²) in [5, 5.41) is 16.7. The molecule has 2 aromatic carbocycles. The van der Waals surface area contributed by atoms with Crippen LogP contribution in [0.5, 0.6) is 0 Å². The zero-order valence-corrected chi connectivity index (χ0v) is 19.7. The number of ether oxygens (including phenoxy) is 2. The highest BCUT2D eigenvalue weighted by Gasteiger charge is 2.27. The van der Waals surface area contributed by atoms with Gasteiger partial charge in [-0.25, -0.2) is 9.59 Å². The summed E-state index contributed by atoms with van der Waals surface area (Å²) >= 11 is 1.39. The van der Waals surface area contributed by atoms with Crippen molar-refractivity contribution in [1.29, 1.82) is 0 Å². The molecule has 0 aliphatic heterocycles. The molecule has 3 rings (SSSR count). The van der Waals surface area contributed by atoms with Gasteiger partial charge < -0.3 is 25.2 Å². The average molecular weight is 484 g/mol. The maximum absolute atomic E-state index is 12.5. The van der Waals surface area contributed by atoms with E-state index in [4.69, 9.17) is 9.47 Å². The molecule has 0 unspecified atom stereocenters. The molecule has 3 atom stereocenters. The molecule has 1 aromatic heterocycles. The van der Waals surface area contributed by atoms with Crippen molar-refractivity contribution >= 4 is 23.5 Å². The number of aliphatic hydroxyl groups is 1. The van der Waals surface area contributed by atoms with Gasteiger partial charge in [0.2, 0.25) is 0 Å². The van der Waals surface area contributed by atoms with Gasteiger partial charge in [-0.3, -0.25) is 4.98 Å². The van der Waals surface area contributed by atoms with Gasteiger partial charge in [-0.1, -0.05) is 60.7 Å². The fraction of sp³-hybridized carbons (Fsp3) is 0.320. The van der Waals surface area contributed by atoms with Crippen LogP contribution in [-0.2, 0) is 28.9 Å². The van der Waals surface area contributed by atoms with E-state index >= 15 is 0 Å². The Kier molecular flexibility index (Phi) is 9.87. The van der Waals surface area contributed by atoms with E-state index in [1.54, 1.807) is 11.7 Å². The number of methoxy groups -OCH3 is 1. The first-order chi connectivity index (χ1) is 16.5. The number of nitrogens with one attached hydrogen (secondary N) is 2. The monoisotopic (exact) mass is 483 g/mol. The Balaban J connectivity index is 1.69. The van der Waals surface area contributed by atoms with Crippen molar-refractivity contribution in [3.63, 3.8) is 0 Å². The van der Waals surface area contributed by atoms with Crippen LogP contribution in [0.2, 0.25) is 0 Å². The molecule has 0 spiro atoms. The van der Waals surface area contributed by atoms with Crippen LogP contribution in [0.3, 0.4) is 0 Å². The van der Waals surface area contributed by atoms with E-state index in [9.17, 15) is 14.7 Å². The molecular weight excluding hydrogens is 454 g/mol. The third-order valence-electron chi connectivity index (χ3n) is 5.25. The molecule has 0 saturated carbocycles. The second kappa shape index (κ2) is 13.3. The van der Waals surface area contributed by atoms with Gasteiger partial charge in [0.05, 0.1) is 29.6 Å². The quantitative estimate of drug-likeness (QED) is 0.384. The third-order valence-corrected chi connectivity index (χ3v) is 6.01. The Morgan fingerprint density at radius 2 is 1.62 bits per heavy atom. The van der Waals surface area contributed by atoms with Crippen molar-refractivity contribution in [3.8, 4) is 0 Å². The molecule has 180 valence electrons. The number of nitrogens with zero attached hydrogens (tertiary/aromatic N) is 1. The largest absolute Gasteiger partial charge is 0.453 e. The molecule has 3 N–H and O–H groups in total. The number of hydrogen-bond donors (Lipinski definition) is 3. The van der Waals surface area contributed by atoms with Gasteiger partial charge in [-0.15, -0.1) is 11.3 Å². The highest BCUT2D eigenvalue weighted by Crippen LogP contribution is 2.15. The molecule has 0 bridgehead atoms. The molecule has 2 amide bonds. The average Bonchev–Trinajstić information content (AvgIpc) is 3.37. The summed E-state index contributed by atoms with van der Waals surface area (Å²) in [4.78, 5) is 29.2. The lowest BCUT2D eigenvalue weighted by atomic mass is 9.94. The van der Waals surface area contributed by atoms with E-state index in [2.05, 4.69) is 15.6 Å². The first-order valence-corrected chi connectivity index (χ1v) is 11.8. The van der Waals surface area contributed by atoms with Gasteiger partial charge in [-0.2, -0.15) is 0 Å². The molecule has 0 aliphatic carbocycles. The molecule has 1 heterocycles. The predicted octanol–water partition coefficient (Wildman–Crippen LogP) is 3.70. The molecule has 0 fully saturated rings. The summed E-state index contributed by atoms with van der Waals surface area (Å²) in [6.45, 7) is 0.102. The van der Waals surface area contributed by atoms with E-state index in [-0.39, 0.29) is 13.0 Å². The van der Waals surface area contributed by atoms with Crippen molar-refractivity contribution in [1.82, 2.24) is 15.6 Å². The van der Waals surface area contributed by atoms with E-state index in [0.717, 1.165) is 16.0 Å². The molecule has 0 radical (unpaired) electrons. The summed E-state index contributed by atoms with van der Waals surface area (Å²) in [5.41, 5.74) is 3.63. The van der Waals surface area contributed by atoms with Gasteiger partial charge in [0.25, 0.3) is 0 Å².